The number of thiocarbonyl (C=S) groups is 1. The lowest BCUT2D eigenvalue weighted by Crippen LogP contribution is -2.31. The Bertz CT molecular complexity index is 1010. The second-order valence-electron chi connectivity index (χ2n) is 7.43. The second kappa shape index (κ2) is 9.54. The van der Waals surface area contributed by atoms with E-state index in [0.717, 1.165) is 25.8 Å². The third kappa shape index (κ3) is 4.87. The number of hydrogen-bond acceptors (Lipinski definition) is 6. The number of carbonyl (C=O) groups excluding carboxylic acids is 1. The molecule has 0 atom stereocenters. The van der Waals surface area contributed by atoms with Crippen LogP contribution in [0.25, 0.3) is 11.7 Å². The number of amides is 1. The van der Waals surface area contributed by atoms with Gasteiger partial charge in [0.05, 0.1) is 10.5 Å². The molecule has 1 aliphatic heterocycles. The average Bonchev–Trinajstić information content (AvgIpc) is 2.95. The molecule has 0 aromatic carbocycles. The lowest BCUT2D eigenvalue weighted by atomic mass is 10.2. The summed E-state index contributed by atoms with van der Waals surface area (Å²) in [6, 6.07) is 5.43. The van der Waals surface area contributed by atoms with Crippen molar-refractivity contribution in [2.75, 3.05) is 18.4 Å². The molecule has 0 spiro atoms. The molecule has 29 heavy (non-hydrogen) atoms. The number of nitrogens with one attached hydrogen (secondary N) is 1. The van der Waals surface area contributed by atoms with E-state index in [1.165, 1.54) is 16.2 Å². The van der Waals surface area contributed by atoms with Gasteiger partial charge in [0.25, 0.3) is 11.5 Å². The highest BCUT2D eigenvalue weighted by atomic mass is 32.2. The first-order valence-electron chi connectivity index (χ1n) is 9.93. The fraction of sp³-hybridized carbons (Fsp3) is 0.429. The molecular formula is C21H26N4O2S2. The van der Waals surface area contributed by atoms with Gasteiger partial charge in [0.2, 0.25) is 0 Å². The summed E-state index contributed by atoms with van der Waals surface area (Å²) in [4.78, 5) is 32.7. The Morgan fingerprint density at radius 1 is 1.28 bits per heavy atom. The average molecular weight is 431 g/mol. The quantitative estimate of drug-likeness (QED) is 0.385. The lowest BCUT2D eigenvalue weighted by molar-refractivity contribution is -0.122. The minimum absolute atomic E-state index is 0.150. The molecule has 1 saturated heterocycles. The Morgan fingerprint density at radius 2 is 2.07 bits per heavy atom. The van der Waals surface area contributed by atoms with Crippen molar-refractivity contribution in [1.82, 2.24) is 14.3 Å². The van der Waals surface area contributed by atoms with Crippen LogP contribution in [-0.4, -0.2) is 37.6 Å². The van der Waals surface area contributed by atoms with Crippen LogP contribution in [0.2, 0.25) is 0 Å². The van der Waals surface area contributed by atoms with Gasteiger partial charge >= 0.3 is 0 Å². The first kappa shape index (κ1) is 21.5. The largest absolute Gasteiger partial charge is 0.369 e. The van der Waals surface area contributed by atoms with E-state index in [-0.39, 0.29) is 11.5 Å². The molecule has 3 rings (SSSR count). The van der Waals surface area contributed by atoms with Crippen molar-refractivity contribution < 1.29 is 4.79 Å². The van der Waals surface area contributed by atoms with Crippen molar-refractivity contribution in [2.24, 2.45) is 5.92 Å². The number of unbranched alkanes of at least 4 members (excludes halogenated alkanes) is 2. The third-order valence-electron chi connectivity index (χ3n) is 4.54. The summed E-state index contributed by atoms with van der Waals surface area (Å²) in [6.45, 7) is 7.52. The Balaban J connectivity index is 2.01. The fourth-order valence-electron chi connectivity index (χ4n) is 3.10. The number of nitrogens with zero attached hydrogens (tertiary/aromatic N) is 3. The zero-order valence-corrected chi connectivity index (χ0v) is 18.6. The van der Waals surface area contributed by atoms with Crippen LogP contribution < -0.4 is 10.9 Å². The molecular weight excluding hydrogens is 404 g/mol. The maximum absolute atomic E-state index is 13.1. The summed E-state index contributed by atoms with van der Waals surface area (Å²) in [5.74, 6) is 0.662. The molecule has 6 nitrogen and oxygen atoms in total. The van der Waals surface area contributed by atoms with Gasteiger partial charge in [-0.25, -0.2) is 4.98 Å². The monoisotopic (exact) mass is 430 g/mol. The molecule has 1 fully saturated rings. The molecule has 2 aromatic rings. The molecule has 1 aliphatic rings. The van der Waals surface area contributed by atoms with Crippen molar-refractivity contribution >= 4 is 51.7 Å². The number of anilines is 1. The van der Waals surface area contributed by atoms with Crippen molar-refractivity contribution in [3.8, 4) is 0 Å². The van der Waals surface area contributed by atoms with E-state index < -0.39 is 0 Å². The second-order valence-corrected chi connectivity index (χ2v) is 9.10. The first-order chi connectivity index (χ1) is 13.9. The molecule has 8 heteroatoms. The van der Waals surface area contributed by atoms with Gasteiger partial charge in [-0.05, 0) is 30.5 Å². The van der Waals surface area contributed by atoms with Crippen LogP contribution in [0.3, 0.4) is 0 Å². The van der Waals surface area contributed by atoms with Gasteiger partial charge in [-0.3, -0.25) is 18.9 Å². The van der Waals surface area contributed by atoms with Crippen LogP contribution in [0.4, 0.5) is 5.82 Å². The van der Waals surface area contributed by atoms with Crippen LogP contribution >= 0.6 is 24.0 Å². The van der Waals surface area contributed by atoms with Gasteiger partial charge in [0.15, 0.2) is 0 Å². The van der Waals surface area contributed by atoms with E-state index in [9.17, 15) is 9.59 Å². The van der Waals surface area contributed by atoms with Crippen LogP contribution in [0.5, 0.6) is 0 Å². The zero-order chi connectivity index (χ0) is 21.0. The smallest absolute Gasteiger partial charge is 0.267 e. The summed E-state index contributed by atoms with van der Waals surface area (Å²) in [5, 5.41) is 3.29. The summed E-state index contributed by atoms with van der Waals surface area (Å²) >= 11 is 6.62. The minimum atomic E-state index is -0.206. The molecule has 3 heterocycles. The minimum Gasteiger partial charge on any atom is -0.369 e. The predicted molar refractivity (Wildman–Crippen MR) is 124 cm³/mol. The Hall–Kier alpha value is -2.19. The summed E-state index contributed by atoms with van der Waals surface area (Å²) in [7, 11) is 0. The van der Waals surface area contributed by atoms with E-state index in [4.69, 9.17) is 12.2 Å². The Kier molecular flexibility index (Phi) is 7.08. The van der Waals surface area contributed by atoms with Gasteiger partial charge in [0, 0.05) is 19.3 Å². The molecule has 2 aromatic heterocycles. The van der Waals surface area contributed by atoms with Crippen LogP contribution in [0.1, 0.15) is 45.6 Å². The molecule has 0 radical (unpaired) electrons. The zero-order valence-electron chi connectivity index (χ0n) is 17.0. The van der Waals surface area contributed by atoms with E-state index in [0.29, 0.717) is 38.7 Å². The molecule has 1 amide bonds. The van der Waals surface area contributed by atoms with Gasteiger partial charge in [0.1, 0.15) is 15.8 Å². The summed E-state index contributed by atoms with van der Waals surface area (Å²) in [5.41, 5.74) is 0.748. The van der Waals surface area contributed by atoms with Crippen molar-refractivity contribution in [2.45, 2.75) is 40.0 Å². The van der Waals surface area contributed by atoms with Gasteiger partial charge < -0.3 is 5.32 Å². The third-order valence-corrected chi connectivity index (χ3v) is 5.92. The highest BCUT2D eigenvalue weighted by molar-refractivity contribution is 8.26. The Labute approximate surface area is 180 Å². The number of rotatable bonds is 8. The first-order valence-corrected chi connectivity index (χ1v) is 11.2. The highest BCUT2D eigenvalue weighted by Gasteiger charge is 2.32. The van der Waals surface area contributed by atoms with Crippen molar-refractivity contribution in [3.05, 3.63) is 45.2 Å². The molecule has 154 valence electrons. The molecule has 0 unspecified atom stereocenters. The molecule has 0 saturated carbocycles. The normalized spacial score (nSPS) is 15.9. The van der Waals surface area contributed by atoms with E-state index >= 15 is 0 Å². The summed E-state index contributed by atoms with van der Waals surface area (Å²) in [6.07, 6.45) is 6.52. The SMILES string of the molecule is CCCCCNc1nc2ccccn2c(=O)c1/C=C1/SC(=S)N(CC(C)C)C1=O. The maximum Gasteiger partial charge on any atom is 0.267 e. The number of pyridine rings is 1. The highest BCUT2D eigenvalue weighted by Crippen LogP contribution is 2.33. The summed E-state index contributed by atoms with van der Waals surface area (Å²) < 4.78 is 2.03. The standard InChI is InChI=1S/C21H26N4O2S2/c1-4-5-7-10-22-18-15(19(26)24-11-8-6-9-17(24)23-18)12-16-20(27)25(13-14(2)3)21(28)29-16/h6,8-9,11-12,14,22H,4-5,7,10,13H2,1-3H3/b16-12+. The fourth-order valence-corrected chi connectivity index (χ4v) is 4.36. The van der Waals surface area contributed by atoms with E-state index in [2.05, 4.69) is 17.2 Å². The lowest BCUT2D eigenvalue weighted by Gasteiger charge is -2.16. The van der Waals surface area contributed by atoms with Crippen molar-refractivity contribution in [3.63, 3.8) is 0 Å². The van der Waals surface area contributed by atoms with E-state index in [1.54, 1.807) is 29.3 Å². The topological polar surface area (TPSA) is 66.7 Å². The number of aromatic nitrogens is 2. The number of thioether (sulfide) groups is 1. The van der Waals surface area contributed by atoms with E-state index in [1.807, 2.05) is 19.9 Å². The van der Waals surface area contributed by atoms with Gasteiger partial charge in [-0.1, -0.05) is 63.7 Å². The van der Waals surface area contributed by atoms with Crippen LogP contribution in [0, 0.1) is 5.92 Å². The number of carbonyl (C=O) groups is 1. The predicted octanol–water partition coefficient (Wildman–Crippen LogP) is 4.15. The molecule has 1 N–H and O–H groups in total. The van der Waals surface area contributed by atoms with Gasteiger partial charge in [-0.15, -0.1) is 0 Å². The molecule has 0 bridgehead atoms. The van der Waals surface area contributed by atoms with Gasteiger partial charge in [-0.2, -0.15) is 0 Å². The maximum atomic E-state index is 13.1. The number of hydrogen-bond donors (Lipinski definition) is 1. The number of fused-ring (bicyclic) bond motifs is 1. The van der Waals surface area contributed by atoms with Crippen molar-refractivity contribution in [1.29, 1.82) is 0 Å². The Morgan fingerprint density at radius 3 is 2.79 bits per heavy atom. The van der Waals surface area contributed by atoms with Crippen LogP contribution in [-0.2, 0) is 4.79 Å². The van der Waals surface area contributed by atoms with Crippen LogP contribution in [0.15, 0.2) is 34.1 Å². The molecule has 0 aliphatic carbocycles.